The zero-order chi connectivity index (χ0) is 17.6. The topological polar surface area (TPSA) is 43.3 Å². The van der Waals surface area contributed by atoms with Gasteiger partial charge < -0.3 is 15.0 Å². The predicted molar refractivity (Wildman–Crippen MR) is 97.7 cm³/mol. The third-order valence-corrected chi connectivity index (χ3v) is 4.98. The van der Waals surface area contributed by atoms with Gasteiger partial charge in [-0.05, 0) is 12.1 Å². The summed E-state index contributed by atoms with van der Waals surface area (Å²) in [6.45, 7) is 7.77. The summed E-state index contributed by atoms with van der Waals surface area (Å²) >= 11 is 0. The molecule has 0 amide bonds. The van der Waals surface area contributed by atoms with E-state index in [0.717, 1.165) is 32.1 Å². The van der Waals surface area contributed by atoms with Gasteiger partial charge >= 0.3 is 0 Å². The second kappa shape index (κ2) is 8.49. The van der Waals surface area contributed by atoms with Gasteiger partial charge in [0.15, 0.2) is 17.5 Å². The van der Waals surface area contributed by atoms with Crippen LogP contribution in [0.1, 0.15) is 0 Å². The summed E-state index contributed by atoms with van der Waals surface area (Å²) < 4.78 is 19.1. The van der Waals surface area contributed by atoms with Gasteiger partial charge in [-0.1, -0.05) is 12.1 Å². The Labute approximate surface area is 149 Å². The molecule has 1 aromatic rings. The van der Waals surface area contributed by atoms with Gasteiger partial charge in [-0.2, -0.15) is 0 Å². The highest BCUT2D eigenvalue weighted by molar-refractivity contribution is 5.79. The van der Waals surface area contributed by atoms with E-state index in [0.29, 0.717) is 24.9 Å². The van der Waals surface area contributed by atoms with Crippen molar-refractivity contribution in [2.24, 2.45) is 4.99 Å². The molecule has 3 heterocycles. The summed E-state index contributed by atoms with van der Waals surface area (Å²) in [5, 5.41) is 3.46. The van der Waals surface area contributed by atoms with Gasteiger partial charge in [-0.3, -0.25) is 14.8 Å². The molecule has 3 fully saturated rings. The molecule has 0 radical (unpaired) electrons. The van der Waals surface area contributed by atoms with Crippen molar-refractivity contribution in [1.29, 1.82) is 0 Å². The van der Waals surface area contributed by atoms with Gasteiger partial charge in [-0.25, -0.2) is 4.39 Å². The zero-order valence-electron chi connectivity index (χ0n) is 15.1. The Morgan fingerprint density at radius 1 is 1.32 bits per heavy atom. The Balaban J connectivity index is 1.42. The number of para-hydroxylation sites is 1. The molecule has 6 nitrogen and oxygen atoms in total. The second-order valence-corrected chi connectivity index (χ2v) is 6.62. The van der Waals surface area contributed by atoms with E-state index in [-0.39, 0.29) is 5.82 Å². The van der Waals surface area contributed by atoms with Crippen LogP contribution in [0.3, 0.4) is 0 Å². The summed E-state index contributed by atoms with van der Waals surface area (Å²) in [7, 11) is 3.75. The molecule has 1 atom stereocenters. The Morgan fingerprint density at radius 3 is 2.72 bits per heavy atom. The minimum Gasteiger partial charge on any atom is -0.489 e. The average Bonchev–Trinajstić information content (AvgIpc) is 2.65. The van der Waals surface area contributed by atoms with Crippen molar-refractivity contribution in [2.75, 3.05) is 66.5 Å². The lowest BCUT2D eigenvalue weighted by molar-refractivity contribution is 0.0152. The standard InChI is InChI=1S/C18H28FN5O/c1-20-18(21-13-15-14-23-7-9-24(15)10-8-23)22(2)11-12-25-17-6-4-3-5-16(17)19/h3-6,15H,7-14H2,1-2H3,(H,20,21). The molecule has 1 unspecified atom stereocenters. The molecule has 1 N–H and O–H groups in total. The molecule has 138 valence electrons. The molecule has 4 rings (SSSR count). The van der Waals surface area contributed by atoms with Gasteiger partial charge in [0.2, 0.25) is 0 Å². The van der Waals surface area contributed by atoms with Crippen molar-refractivity contribution < 1.29 is 9.13 Å². The van der Waals surface area contributed by atoms with E-state index in [1.165, 1.54) is 19.2 Å². The fourth-order valence-corrected chi connectivity index (χ4v) is 3.47. The van der Waals surface area contributed by atoms with Crippen molar-refractivity contribution in [1.82, 2.24) is 20.0 Å². The number of halogens is 1. The van der Waals surface area contributed by atoms with Crippen LogP contribution in [-0.2, 0) is 0 Å². The van der Waals surface area contributed by atoms with Crippen LogP contribution in [0.5, 0.6) is 5.75 Å². The first-order valence-electron chi connectivity index (χ1n) is 8.93. The third-order valence-electron chi connectivity index (χ3n) is 4.98. The van der Waals surface area contributed by atoms with Gasteiger partial charge in [0.25, 0.3) is 0 Å². The number of aliphatic imine (C=N–C) groups is 1. The molecule has 1 aromatic carbocycles. The largest absolute Gasteiger partial charge is 0.489 e. The minimum absolute atomic E-state index is 0.291. The van der Waals surface area contributed by atoms with E-state index >= 15 is 0 Å². The third kappa shape index (κ3) is 4.61. The molecular formula is C18H28FN5O. The van der Waals surface area contributed by atoms with Crippen LogP contribution in [-0.4, -0.2) is 93.2 Å². The van der Waals surface area contributed by atoms with E-state index in [9.17, 15) is 4.39 Å². The smallest absolute Gasteiger partial charge is 0.193 e. The molecule has 0 aliphatic carbocycles. The monoisotopic (exact) mass is 349 g/mol. The van der Waals surface area contributed by atoms with E-state index in [2.05, 4.69) is 20.1 Å². The number of nitrogens with zero attached hydrogens (tertiary/aromatic N) is 4. The number of guanidine groups is 1. The molecule has 0 aromatic heterocycles. The lowest BCUT2D eigenvalue weighted by Crippen LogP contribution is -2.63. The molecule has 7 heteroatoms. The summed E-state index contributed by atoms with van der Waals surface area (Å²) in [5.41, 5.74) is 0. The highest BCUT2D eigenvalue weighted by Gasteiger charge is 2.31. The number of hydrogen-bond acceptors (Lipinski definition) is 4. The van der Waals surface area contributed by atoms with Crippen LogP contribution in [0.25, 0.3) is 0 Å². The number of likely N-dealkylation sites (N-methyl/N-ethyl adjacent to an activating group) is 1. The normalized spacial score (nSPS) is 25.7. The zero-order valence-corrected chi connectivity index (χ0v) is 15.1. The van der Waals surface area contributed by atoms with Crippen molar-refractivity contribution >= 4 is 5.96 Å². The maximum absolute atomic E-state index is 13.6. The number of benzene rings is 1. The maximum atomic E-state index is 13.6. The van der Waals surface area contributed by atoms with Crippen molar-refractivity contribution in [3.8, 4) is 5.75 Å². The predicted octanol–water partition coefficient (Wildman–Crippen LogP) is 0.712. The lowest BCUT2D eigenvalue weighted by Gasteiger charge is -2.47. The molecule has 3 aliphatic rings. The first-order chi connectivity index (χ1) is 12.2. The quantitative estimate of drug-likeness (QED) is 0.605. The van der Waals surface area contributed by atoms with Crippen LogP contribution in [0.15, 0.2) is 29.3 Å². The summed E-state index contributed by atoms with van der Waals surface area (Å²) in [4.78, 5) is 11.4. The highest BCUT2D eigenvalue weighted by atomic mass is 19.1. The van der Waals surface area contributed by atoms with E-state index in [4.69, 9.17) is 4.74 Å². The molecular weight excluding hydrogens is 321 g/mol. The van der Waals surface area contributed by atoms with E-state index in [1.807, 2.05) is 11.9 Å². The van der Waals surface area contributed by atoms with E-state index < -0.39 is 0 Å². The van der Waals surface area contributed by atoms with Crippen molar-refractivity contribution in [3.63, 3.8) is 0 Å². The second-order valence-electron chi connectivity index (χ2n) is 6.62. The van der Waals surface area contributed by atoms with Gasteiger partial charge in [0.1, 0.15) is 6.61 Å². The highest BCUT2D eigenvalue weighted by Crippen LogP contribution is 2.16. The molecule has 3 saturated heterocycles. The summed E-state index contributed by atoms with van der Waals surface area (Å²) in [5.74, 6) is 0.803. The molecule has 2 bridgehead atoms. The first-order valence-corrected chi connectivity index (χ1v) is 8.93. The number of ether oxygens (including phenoxy) is 1. The van der Waals surface area contributed by atoms with Crippen LogP contribution in [0, 0.1) is 5.82 Å². The van der Waals surface area contributed by atoms with Crippen molar-refractivity contribution in [3.05, 3.63) is 30.1 Å². The first kappa shape index (κ1) is 17.9. The van der Waals surface area contributed by atoms with Crippen molar-refractivity contribution in [2.45, 2.75) is 6.04 Å². The Hall–Kier alpha value is -1.86. The van der Waals surface area contributed by atoms with Gasteiger partial charge in [0, 0.05) is 59.4 Å². The Bertz CT molecular complexity index is 589. The lowest BCUT2D eigenvalue weighted by atomic mass is 10.1. The number of rotatable bonds is 6. The Kier molecular flexibility index (Phi) is 6.09. The van der Waals surface area contributed by atoms with Gasteiger partial charge in [-0.15, -0.1) is 0 Å². The fraction of sp³-hybridized carbons (Fsp3) is 0.611. The van der Waals surface area contributed by atoms with E-state index in [1.54, 1.807) is 25.2 Å². The molecule has 0 saturated carbocycles. The van der Waals surface area contributed by atoms with Crippen LogP contribution in [0.2, 0.25) is 0 Å². The SMILES string of the molecule is CN=C(NCC1CN2CCN1CC2)N(C)CCOc1ccccc1F. The number of piperazine rings is 3. The summed E-state index contributed by atoms with van der Waals surface area (Å²) in [6, 6.07) is 7.02. The minimum atomic E-state index is -0.330. The molecule has 25 heavy (non-hydrogen) atoms. The van der Waals surface area contributed by atoms with Crippen LogP contribution >= 0.6 is 0 Å². The number of fused-ring (bicyclic) bond motifs is 3. The average molecular weight is 349 g/mol. The van der Waals surface area contributed by atoms with Crippen LogP contribution in [0.4, 0.5) is 4.39 Å². The maximum Gasteiger partial charge on any atom is 0.193 e. The van der Waals surface area contributed by atoms with Crippen LogP contribution < -0.4 is 10.1 Å². The number of nitrogens with one attached hydrogen (secondary N) is 1. The fourth-order valence-electron chi connectivity index (χ4n) is 3.47. The molecule has 0 spiro atoms. The number of hydrogen-bond donors (Lipinski definition) is 1. The summed E-state index contributed by atoms with van der Waals surface area (Å²) in [6.07, 6.45) is 0. The van der Waals surface area contributed by atoms with Gasteiger partial charge in [0.05, 0.1) is 6.54 Å². The molecule has 3 aliphatic heterocycles. The Morgan fingerprint density at radius 2 is 2.08 bits per heavy atom.